The molecule has 0 saturated carbocycles. The zero-order valence-electron chi connectivity index (χ0n) is 13.1. The number of amides is 2. The Morgan fingerprint density at radius 2 is 1.45 bits per heavy atom. The van der Waals surface area contributed by atoms with Gasteiger partial charge in [-0.3, -0.25) is 9.59 Å². The number of halogens is 3. The summed E-state index contributed by atoms with van der Waals surface area (Å²) in [5.41, 5.74) is -2.60. The predicted octanol–water partition coefficient (Wildman–Crippen LogP) is 2.98. The lowest BCUT2D eigenvalue weighted by Gasteiger charge is -2.28. The molecule has 7 heteroatoms. The molecule has 1 rings (SSSR count). The molecule has 1 aromatic rings. The first-order chi connectivity index (χ1) is 9.86. The number of benzene rings is 1. The summed E-state index contributed by atoms with van der Waals surface area (Å²) >= 11 is 0. The van der Waals surface area contributed by atoms with Crippen LogP contribution >= 0.6 is 0 Å². The Labute approximate surface area is 127 Å². The molecule has 0 bridgehead atoms. The summed E-state index contributed by atoms with van der Waals surface area (Å²) in [5, 5.41) is 4.74. The summed E-state index contributed by atoms with van der Waals surface area (Å²) in [6.07, 6.45) is 0. The molecule has 0 fully saturated rings. The quantitative estimate of drug-likeness (QED) is 0.665. The summed E-state index contributed by atoms with van der Waals surface area (Å²) in [4.78, 5) is 24.3. The van der Waals surface area contributed by atoms with Gasteiger partial charge in [-0.05, 0) is 46.8 Å². The largest absolute Gasteiger partial charge is 0.351 e. The van der Waals surface area contributed by atoms with Gasteiger partial charge in [-0.1, -0.05) is 0 Å². The van der Waals surface area contributed by atoms with E-state index < -0.39 is 45.9 Å². The topological polar surface area (TPSA) is 58.2 Å². The van der Waals surface area contributed by atoms with E-state index in [1.165, 1.54) is 13.8 Å². The lowest BCUT2D eigenvalue weighted by atomic mass is 9.89. The smallest absolute Gasteiger partial charge is 0.239 e. The van der Waals surface area contributed by atoms with Crippen LogP contribution in [0.3, 0.4) is 0 Å². The zero-order valence-corrected chi connectivity index (χ0v) is 13.1. The minimum absolute atomic E-state index is 0.527. The summed E-state index contributed by atoms with van der Waals surface area (Å²) in [7, 11) is 0. The average Bonchev–Trinajstić information content (AvgIpc) is 2.37. The number of carbonyl (C=O) groups is 2. The van der Waals surface area contributed by atoms with Crippen LogP contribution in [-0.4, -0.2) is 17.4 Å². The highest BCUT2D eigenvalue weighted by Crippen LogP contribution is 2.24. The van der Waals surface area contributed by atoms with Gasteiger partial charge in [-0.15, -0.1) is 0 Å². The molecule has 0 aliphatic carbocycles. The van der Waals surface area contributed by atoms with Gasteiger partial charge in [0.25, 0.3) is 0 Å². The number of hydrogen-bond donors (Lipinski definition) is 2. The molecule has 1 aromatic carbocycles. The molecule has 0 unspecified atom stereocenters. The van der Waals surface area contributed by atoms with Gasteiger partial charge in [0.2, 0.25) is 11.8 Å². The van der Waals surface area contributed by atoms with Crippen LogP contribution < -0.4 is 10.6 Å². The Balaban J connectivity index is 2.97. The van der Waals surface area contributed by atoms with E-state index in [4.69, 9.17) is 0 Å². The van der Waals surface area contributed by atoms with E-state index in [2.05, 4.69) is 10.6 Å². The first-order valence-electron chi connectivity index (χ1n) is 6.64. The molecule has 22 heavy (non-hydrogen) atoms. The number of nitrogens with one attached hydrogen (secondary N) is 2. The van der Waals surface area contributed by atoms with Crippen LogP contribution in [0.1, 0.15) is 34.6 Å². The Morgan fingerprint density at radius 3 is 1.95 bits per heavy atom. The van der Waals surface area contributed by atoms with Crippen LogP contribution in [0, 0.1) is 22.9 Å². The Bertz CT molecular complexity index is 608. The fourth-order valence-corrected chi connectivity index (χ4v) is 1.50. The second kappa shape index (κ2) is 5.98. The molecule has 4 nitrogen and oxygen atoms in total. The Kier molecular flexibility index (Phi) is 4.89. The maximum Gasteiger partial charge on any atom is 0.239 e. The molecule has 2 N–H and O–H groups in total. The van der Waals surface area contributed by atoms with Gasteiger partial charge in [0.15, 0.2) is 17.5 Å². The molecule has 0 aliphatic rings. The van der Waals surface area contributed by atoms with Crippen molar-refractivity contribution >= 4 is 17.5 Å². The number of anilines is 1. The molecule has 0 saturated heterocycles. The Morgan fingerprint density at radius 1 is 0.909 bits per heavy atom. The van der Waals surface area contributed by atoms with Gasteiger partial charge in [0.1, 0.15) is 5.41 Å². The highest BCUT2D eigenvalue weighted by molar-refractivity contribution is 6.10. The zero-order chi connectivity index (χ0) is 17.3. The lowest BCUT2D eigenvalue weighted by Crippen LogP contribution is -2.51. The van der Waals surface area contributed by atoms with Crippen LogP contribution in [0.25, 0.3) is 0 Å². The minimum atomic E-state index is -1.69. The van der Waals surface area contributed by atoms with Crippen molar-refractivity contribution in [3.63, 3.8) is 0 Å². The SMILES string of the molecule is CC(C)(C)NC(=O)C(C)(C)C(=O)Nc1ccc(F)c(F)c1F. The third kappa shape index (κ3) is 3.99. The van der Waals surface area contributed by atoms with E-state index in [1.807, 2.05) is 0 Å². The first-order valence-corrected chi connectivity index (χ1v) is 6.64. The van der Waals surface area contributed by atoms with Gasteiger partial charge >= 0.3 is 0 Å². The van der Waals surface area contributed by atoms with Gasteiger partial charge in [0, 0.05) is 5.54 Å². The number of carbonyl (C=O) groups excluding carboxylic acids is 2. The third-order valence-electron chi connectivity index (χ3n) is 2.91. The molecule has 0 atom stereocenters. The highest BCUT2D eigenvalue weighted by Gasteiger charge is 2.38. The van der Waals surface area contributed by atoms with E-state index in [1.54, 1.807) is 20.8 Å². The molecule has 0 aliphatic heterocycles. The maximum atomic E-state index is 13.6. The Hall–Kier alpha value is -2.05. The molecular weight excluding hydrogens is 297 g/mol. The van der Waals surface area contributed by atoms with Crippen LogP contribution in [0.15, 0.2) is 12.1 Å². The summed E-state index contributed by atoms with van der Waals surface area (Å²) in [6.45, 7) is 7.93. The third-order valence-corrected chi connectivity index (χ3v) is 2.91. The van der Waals surface area contributed by atoms with Crippen molar-refractivity contribution < 1.29 is 22.8 Å². The highest BCUT2D eigenvalue weighted by atomic mass is 19.2. The van der Waals surface area contributed by atoms with Crippen LogP contribution in [0.5, 0.6) is 0 Å². The van der Waals surface area contributed by atoms with Crippen LogP contribution in [-0.2, 0) is 9.59 Å². The van der Waals surface area contributed by atoms with E-state index in [0.29, 0.717) is 6.07 Å². The van der Waals surface area contributed by atoms with Crippen molar-refractivity contribution in [2.75, 3.05) is 5.32 Å². The number of rotatable bonds is 3. The molecule has 0 radical (unpaired) electrons. The molecular formula is C15H19F3N2O2. The van der Waals surface area contributed by atoms with Crippen molar-refractivity contribution in [2.45, 2.75) is 40.2 Å². The minimum Gasteiger partial charge on any atom is -0.351 e. The van der Waals surface area contributed by atoms with Gasteiger partial charge in [-0.2, -0.15) is 0 Å². The molecule has 122 valence electrons. The summed E-state index contributed by atoms with van der Waals surface area (Å²) in [5.74, 6) is -5.96. The second-order valence-electron chi connectivity index (χ2n) is 6.51. The second-order valence-corrected chi connectivity index (χ2v) is 6.51. The van der Waals surface area contributed by atoms with Gasteiger partial charge in [0.05, 0.1) is 5.69 Å². The van der Waals surface area contributed by atoms with E-state index in [0.717, 1.165) is 6.07 Å². The molecule has 2 amide bonds. The summed E-state index contributed by atoms with van der Waals surface area (Å²) < 4.78 is 39.5. The van der Waals surface area contributed by atoms with Crippen molar-refractivity contribution in [2.24, 2.45) is 5.41 Å². The molecule has 0 heterocycles. The van der Waals surface area contributed by atoms with Crippen LogP contribution in [0.2, 0.25) is 0 Å². The molecule has 0 spiro atoms. The fraction of sp³-hybridized carbons (Fsp3) is 0.467. The van der Waals surface area contributed by atoms with E-state index in [-0.39, 0.29) is 0 Å². The van der Waals surface area contributed by atoms with Gasteiger partial charge in [-0.25, -0.2) is 13.2 Å². The summed E-state index contributed by atoms with van der Waals surface area (Å²) in [6, 6.07) is 1.58. The van der Waals surface area contributed by atoms with Crippen LogP contribution in [0.4, 0.5) is 18.9 Å². The lowest BCUT2D eigenvalue weighted by molar-refractivity contribution is -0.139. The standard InChI is InChI=1S/C15H19F3N2O2/c1-14(2,3)20-13(22)15(4,5)12(21)19-9-7-6-8(16)10(17)11(9)18/h6-7H,1-5H3,(H,19,21)(H,20,22). The van der Waals surface area contributed by atoms with Crippen molar-refractivity contribution in [3.8, 4) is 0 Å². The monoisotopic (exact) mass is 316 g/mol. The first kappa shape index (κ1) is 18.0. The molecule has 0 aromatic heterocycles. The van der Waals surface area contributed by atoms with Crippen molar-refractivity contribution in [3.05, 3.63) is 29.6 Å². The fourth-order valence-electron chi connectivity index (χ4n) is 1.50. The normalized spacial score (nSPS) is 12.0. The predicted molar refractivity (Wildman–Crippen MR) is 76.6 cm³/mol. The van der Waals surface area contributed by atoms with Crippen molar-refractivity contribution in [1.29, 1.82) is 0 Å². The number of hydrogen-bond acceptors (Lipinski definition) is 2. The van der Waals surface area contributed by atoms with E-state index in [9.17, 15) is 22.8 Å². The van der Waals surface area contributed by atoms with E-state index >= 15 is 0 Å². The maximum absolute atomic E-state index is 13.6. The average molecular weight is 316 g/mol. The van der Waals surface area contributed by atoms with Gasteiger partial charge < -0.3 is 10.6 Å². The van der Waals surface area contributed by atoms with Crippen molar-refractivity contribution in [1.82, 2.24) is 5.32 Å².